The third-order valence-electron chi connectivity index (χ3n) is 5.92. The molecule has 3 heterocycles. The van der Waals surface area contributed by atoms with E-state index in [-0.39, 0.29) is 11.7 Å². The zero-order chi connectivity index (χ0) is 27.7. The van der Waals surface area contributed by atoms with Crippen LogP contribution in [-0.2, 0) is 13.1 Å². The number of pyridine rings is 2. The van der Waals surface area contributed by atoms with Gasteiger partial charge in [-0.25, -0.2) is 0 Å². The van der Waals surface area contributed by atoms with Crippen LogP contribution in [0.15, 0.2) is 109 Å². The van der Waals surface area contributed by atoms with Gasteiger partial charge in [0.1, 0.15) is 4.88 Å². The highest BCUT2D eigenvalue weighted by Gasteiger charge is 2.15. The SMILES string of the molecule is O=C(Nc1cccc(N/C(=C/[N+](=O)[O-])NCc2cccnc2)c1)c1sccc1NCc1ccnc2ccccc12. The lowest BCUT2D eigenvalue weighted by molar-refractivity contribution is -0.403. The summed E-state index contributed by atoms with van der Waals surface area (Å²) in [5.74, 6) is -0.0595. The van der Waals surface area contributed by atoms with Crippen molar-refractivity contribution in [1.29, 1.82) is 0 Å². The molecule has 10 nitrogen and oxygen atoms in total. The fourth-order valence-electron chi connectivity index (χ4n) is 4.07. The van der Waals surface area contributed by atoms with Crippen LogP contribution in [0.3, 0.4) is 0 Å². The molecule has 40 heavy (non-hydrogen) atoms. The summed E-state index contributed by atoms with van der Waals surface area (Å²) < 4.78 is 0. The van der Waals surface area contributed by atoms with Crippen LogP contribution < -0.4 is 21.3 Å². The van der Waals surface area contributed by atoms with Crippen molar-refractivity contribution < 1.29 is 9.72 Å². The van der Waals surface area contributed by atoms with Gasteiger partial charge in [0.05, 0.1) is 16.1 Å². The Balaban J connectivity index is 1.24. The van der Waals surface area contributed by atoms with Gasteiger partial charge in [0.25, 0.3) is 12.1 Å². The standard InChI is InChI=1S/C29H25N7O3S/c37-29(28-26(11-14-40-28)32-18-21-10-13-31-25-9-2-1-8-24(21)25)35-23-7-3-6-22(15-23)34-27(19-36(38)39)33-17-20-5-4-12-30-16-20/h1-16,19,32-34H,17-18H2,(H,35,37)/b27-19+. The normalized spacial score (nSPS) is 11.2. The van der Waals surface area contributed by atoms with Gasteiger partial charge in [0.15, 0.2) is 5.82 Å². The van der Waals surface area contributed by atoms with E-state index in [1.165, 1.54) is 11.3 Å². The van der Waals surface area contributed by atoms with E-state index in [4.69, 9.17) is 0 Å². The lowest BCUT2D eigenvalue weighted by Gasteiger charge is -2.13. The number of benzene rings is 2. The van der Waals surface area contributed by atoms with Crippen LogP contribution in [0.2, 0.25) is 0 Å². The van der Waals surface area contributed by atoms with Gasteiger partial charge in [0.2, 0.25) is 0 Å². The number of nitrogens with zero attached hydrogens (tertiary/aromatic N) is 3. The summed E-state index contributed by atoms with van der Waals surface area (Å²) in [7, 11) is 0. The van der Waals surface area contributed by atoms with Crippen LogP contribution in [0.1, 0.15) is 20.8 Å². The lowest BCUT2D eigenvalue weighted by Crippen LogP contribution is -2.20. The van der Waals surface area contributed by atoms with Crippen LogP contribution >= 0.6 is 11.3 Å². The third-order valence-corrected chi connectivity index (χ3v) is 6.83. The van der Waals surface area contributed by atoms with Gasteiger partial charge in [-0.3, -0.25) is 24.9 Å². The van der Waals surface area contributed by atoms with Gasteiger partial charge in [-0.1, -0.05) is 30.3 Å². The van der Waals surface area contributed by atoms with Gasteiger partial charge in [-0.05, 0) is 59.0 Å². The minimum Gasteiger partial charge on any atom is -0.380 e. The predicted octanol–water partition coefficient (Wildman–Crippen LogP) is 5.83. The largest absolute Gasteiger partial charge is 0.380 e. The zero-order valence-corrected chi connectivity index (χ0v) is 22.0. The topological polar surface area (TPSA) is 134 Å². The van der Waals surface area contributed by atoms with Crippen molar-refractivity contribution in [2.45, 2.75) is 13.1 Å². The molecule has 200 valence electrons. The van der Waals surface area contributed by atoms with Crippen molar-refractivity contribution >= 4 is 45.2 Å². The Morgan fingerprint density at radius 2 is 1.80 bits per heavy atom. The van der Waals surface area contributed by atoms with E-state index in [2.05, 4.69) is 31.2 Å². The lowest BCUT2D eigenvalue weighted by atomic mass is 10.1. The van der Waals surface area contributed by atoms with Crippen LogP contribution in [0.25, 0.3) is 10.9 Å². The highest BCUT2D eigenvalue weighted by Crippen LogP contribution is 2.26. The van der Waals surface area contributed by atoms with E-state index in [1.807, 2.05) is 47.8 Å². The first kappa shape index (κ1) is 26.3. The van der Waals surface area contributed by atoms with Crippen molar-refractivity contribution in [3.63, 3.8) is 0 Å². The molecule has 5 aromatic rings. The van der Waals surface area contributed by atoms with Gasteiger partial charge in [-0.2, -0.15) is 0 Å². The van der Waals surface area contributed by atoms with Gasteiger partial charge < -0.3 is 21.3 Å². The highest BCUT2D eigenvalue weighted by molar-refractivity contribution is 7.12. The maximum atomic E-state index is 13.2. The number of carbonyl (C=O) groups is 1. The first-order chi connectivity index (χ1) is 19.5. The molecule has 0 radical (unpaired) electrons. The molecular weight excluding hydrogens is 526 g/mol. The summed E-state index contributed by atoms with van der Waals surface area (Å²) in [4.78, 5) is 32.8. The van der Waals surface area contributed by atoms with Crippen molar-refractivity contribution in [2.24, 2.45) is 0 Å². The van der Waals surface area contributed by atoms with Crippen molar-refractivity contribution in [3.05, 3.63) is 135 Å². The summed E-state index contributed by atoms with van der Waals surface area (Å²) in [5.41, 5.74) is 4.71. The number of thiophene rings is 1. The van der Waals surface area contributed by atoms with E-state index >= 15 is 0 Å². The van der Waals surface area contributed by atoms with Crippen LogP contribution in [0.4, 0.5) is 17.1 Å². The Morgan fingerprint density at radius 3 is 2.62 bits per heavy atom. The first-order valence-corrected chi connectivity index (χ1v) is 13.2. The molecule has 0 atom stereocenters. The Bertz CT molecular complexity index is 1670. The molecule has 1 amide bonds. The molecule has 0 unspecified atom stereocenters. The molecule has 3 aromatic heterocycles. The van der Waals surface area contributed by atoms with Crippen LogP contribution in [0.5, 0.6) is 0 Å². The molecule has 0 bridgehead atoms. The Morgan fingerprint density at radius 1 is 0.950 bits per heavy atom. The molecule has 0 aliphatic carbocycles. The van der Waals surface area contributed by atoms with Gasteiger partial charge >= 0.3 is 0 Å². The summed E-state index contributed by atoms with van der Waals surface area (Å²) >= 11 is 1.34. The molecule has 0 saturated carbocycles. The van der Waals surface area contributed by atoms with Crippen LogP contribution in [0, 0.1) is 10.1 Å². The van der Waals surface area contributed by atoms with E-state index in [1.54, 1.807) is 48.9 Å². The Kier molecular flexibility index (Phi) is 8.23. The number of amides is 1. The first-order valence-electron chi connectivity index (χ1n) is 12.4. The maximum Gasteiger partial charge on any atom is 0.274 e. The number of hydrogen-bond acceptors (Lipinski definition) is 9. The molecule has 0 saturated heterocycles. The molecule has 0 aliphatic rings. The Labute approximate surface area is 234 Å². The average molecular weight is 552 g/mol. The number of nitrogens with one attached hydrogen (secondary N) is 4. The number of hydrogen-bond donors (Lipinski definition) is 4. The summed E-state index contributed by atoms with van der Waals surface area (Å²) in [5, 5.41) is 26.4. The number of anilines is 3. The minimum absolute atomic E-state index is 0.200. The second-order valence-electron chi connectivity index (χ2n) is 8.71. The molecule has 0 aliphatic heterocycles. The number of rotatable bonds is 11. The van der Waals surface area contributed by atoms with E-state index in [9.17, 15) is 14.9 Å². The van der Waals surface area contributed by atoms with Gasteiger partial charge in [0, 0.05) is 48.4 Å². The smallest absolute Gasteiger partial charge is 0.274 e. The quantitative estimate of drug-likeness (QED) is 0.119. The van der Waals surface area contributed by atoms with Crippen molar-refractivity contribution in [3.8, 4) is 0 Å². The Hall–Kier alpha value is -5.29. The molecule has 0 fully saturated rings. The molecule has 11 heteroatoms. The second kappa shape index (κ2) is 12.5. The average Bonchev–Trinajstić information content (AvgIpc) is 3.44. The summed E-state index contributed by atoms with van der Waals surface area (Å²) in [6, 6.07) is 22.4. The third kappa shape index (κ3) is 6.77. The molecule has 4 N–H and O–H groups in total. The molecule has 5 rings (SSSR count). The predicted molar refractivity (Wildman–Crippen MR) is 158 cm³/mol. The number of para-hydroxylation sites is 1. The maximum absolute atomic E-state index is 13.2. The van der Waals surface area contributed by atoms with E-state index < -0.39 is 4.92 Å². The summed E-state index contributed by atoms with van der Waals surface area (Å²) in [6.45, 7) is 0.886. The number of nitro groups is 1. The monoisotopic (exact) mass is 551 g/mol. The summed E-state index contributed by atoms with van der Waals surface area (Å²) in [6.07, 6.45) is 5.98. The van der Waals surface area contributed by atoms with Crippen LogP contribution in [-0.4, -0.2) is 20.8 Å². The van der Waals surface area contributed by atoms with Gasteiger partial charge in [-0.15, -0.1) is 11.3 Å². The number of aromatic nitrogens is 2. The van der Waals surface area contributed by atoms with E-state index in [0.717, 1.165) is 33.9 Å². The number of fused-ring (bicyclic) bond motifs is 1. The highest BCUT2D eigenvalue weighted by atomic mass is 32.1. The number of carbonyl (C=O) groups excluding carboxylic acids is 1. The second-order valence-corrected chi connectivity index (χ2v) is 9.62. The van der Waals surface area contributed by atoms with E-state index in [0.29, 0.717) is 29.3 Å². The zero-order valence-electron chi connectivity index (χ0n) is 21.2. The minimum atomic E-state index is -0.537. The molecule has 2 aromatic carbocycles. The molecular formula is C29H25N7O3S. The fourth-order valence-corrected chi connectivity index (χ4v) is 4.84. The van der Waals surface area contributed by atoms with Crippen molar-refractivity contribution in [1.82, 2.24) is 15.3 Å². The van der Waals surface area contributed by atoms with Crippen molar-refractivity contribution in [2.75, 3.05) is 16.0 Å². The fraction of sp³-hybridized carbons (Fsp3) is 0.0690. The molecule has 0 spiro atoms.